The molecule has 1 heterocycles. The zero-order valence-electron chi connectivity index (χ0n) is 22.7. The summed E-state index contributed by atoms with van der Waals surface area (Å²) in [4.78, 5) is 25.8. The predicted octanol–water partition coefficient (Wildman–Crippen LogP) is 2.11. The van der Waals surface area contributed by atoms with E-state index < -0.39 is 29.6 Å². The molecule has 5 atom stereocenters. The van der Waals surface area contributed by atoms with E-state index in [1.165, 1.54) is 0 Å². The molecule has 2 aliphatic rings. The Hall–Kier alpha value is -2.78. The Kier molecular flexibility index (Phi) is 9.20. The van der Waals surface area contributed by atoms with Gasteiger partial charge in [0.2, 0.25) is 11.8 Å². The molecule has 2 amide bonds. The van der Waals surface area contributed by atoms with Crippen molar-refractivity contribution < 1.29 is 19.8 Å². The minimum absolute atomic E-state index is 0.00197. The van der Waals surface area contributed by atoms with Gasteiger partial charge < -0.3 is 20.8 Å². The highest BCUT2D eigenvalue weighted by Gasteiger charge is 2.35. The van der Waals surface area contributed by atoms with Gasteiger partial charge in [0.25, 0.3) is 0 Å². The molecule has 4 rings (SSSR count). The molecule has 38 heavy (non-hydrogen) atoms. The number of piperazine rings is 1. The highest BCUT2D eigenvalue weighted by Crippen LogP contribution is 2.31. The van der Waals surface area contributed by atoms with E-state index in [1.54, 1.807) is 0 Å². The fourth-order valence-corrected chi connectivity index (χ4v) is 5.43. The monoisotopic (exact) mass is 522 g/mol. The first-order valence-corrected chi connectivity index (χ1v) is 13.7. The maximum Gasteiger partial charge on any atom is 0.249 e. The second-order valence-electron chi connectivity index (χ2n) is 11.7. The molecule has 0 saturated carbocycles. The molecule has 0 bridgehead atoms. The van der Waals surface area contributed by atoms with E-state index in [0.717, 1.165) is 23.2 Å². The van der Waals surface area contributed by atoms with Gasteiger partial charge in [0.05, 0.1) is 12.1 Å². The molecule has 206 valence electrons. The molecule has 1 saturated heterocycles. The van der Waals surface area contributed by atoms with Crippen LogP contribution in [-0.2, 0) is 22.4 Å². The fraction of sp³-hybridized carbons (Fsp3) is 0.533. The number of benzene rings is 2. The minimum atomic E-state index is -1.21. The minimum Gasteiger partial charge on any atom is -0.390 e. The van der Waals surface area contributed by atoms with E-state index in [4.69, 9.17) is 0 Å². The van der Waals surface area contributed by atoms with Crippen LogP contribution in [0.3, 0.4) is 0 Å². The van der Waals surface area contributed by atoms with E-state index in [9.17, 15) is 19.8 Å². The van der Waals surface area contributed by atoms with Gasteiger partial charge in [0, 0.05) is 37.5 Å². The van der Waals surface area contributed by atoms with Gasteiger partial charge in [0.1, 0.15) is 6.10 Å². The Labute approximate surface area is 225 Å². The van der Waals surface area contributed by atoms with Crippen molar-refractivity contribution in [1.29, 1.82) is 0 Å². The average molecular weight is 523 g/mol. The van der Waals surface area contributed by atoms with Gasteiger partial charge >= 0.3 is 0 Å². The van der Waals surface area contributed by atoms with Crippen LogP contribution in [0, 0.1) is 11.3 Å². The van der Waals surface area contributed by atoms with Gasteiger partial charge in [-0.15, -0.1) is 0 Å². The lowest BCUT2D eigenvalue weighted by molar-refractivity contribution is -0.135. The predicted molar refractivity (Wildman–Crippen MR) is 147 cm³/mol. The molecule has 0 aromatic heterocycles. The molecule has 0 radical (unpaired) electrons. The molecular formula is C30H42N4O4. The fourth-order valence-electron chi connectivity index (χ4n) is 5.43. The molecular weight excluding hydrogens is 480 g/mol. The number of nitrogens with one attached hydrogen (secondary N) is 3. The first-order chi connectivity index (χ1) is 18.1. The topological polar surface area (TPSA) is 114 Å². The van der Waals surface area contributed by atoms with Crippen LogP contribution < -0.4 is 16.1 Å². The molecule has 1 fully saturated rings. The highest BCUT2D eigenvalue weighted by molar-refractivity contribution is 5.81. The number of hydrogen-bond acceptors (Lipinski definition) is 6. The summed E-state index contributed by atoms with van der Waals surface area (Å²) in [7, 11) is 0. The van der Waals surface area contributed by atoms with Crippen molar-refractivity contribution in [2.24, 2.45) is 11.3 Å². The number of nitrogens with zero attached hydrogens (tertiary/aromatic N) is 1. The summed E-state index contributed by atoms with van der Waals surface area (Å²) < 4.78 is 0. The van der Waals surface area contributed by atoms with Gasteiger partial charge in [0.15, 0.2) is 0 Å². The molecule has 1 aliphatic heterocycles. The third kappa shape index (κ3) is 7.20. The first-order valence-electron chi connectivity index (χ1n) is 13.7. The number of rotatable bonds is 9. The summed E-state index contributed by atoms with van der Waals surface area (Å²) in [6.45, 7) is 7.86. The Bertz CT molecular complexity index is 1090. The van der Waals surface area contributed by atoms with E-state index in [0.29, 0.717) is 32.4 Å². The molecule has 8 nitrogen and oxygen atoms in total. The lowest BCUT2D eigenvalue weighted by atomic mass is 9.87. The summed E-state index contributed by atoms with van der Waals surface area (Å²) in [5, 5.41) is 29.9. The molecule has 2 unspecified atom stereocenters. The second-order valence-corrected chi connectivity index (χ2v) is 11.7. The zero-order valence-corrected chi connectivity index (χ0v) is 22.7. The van der Waals surface area contributed by atoms with E-state index >= 15 is 0 Å². The van der Waals surface area contributed by atoms with Crippen LogP contribution >= 0.6 is 0 Å². The van der Waals surface area contributed by atoms with Gasteiger partial charge in [-0.05, 0) is 41.9 Å². The largest absolute Gasteiger partial charge is 0.390 e. The van der Waals surface area contributed by atoms with Crippen molar-refractivity contribution in [2.75, 3.05) is 19.6 Å². The van der Waals surface area contributed by atoms with Crippen LogP contribution in [0.25, 0.3) is 0 Å². The number of amides is 2. The Morgan fingerprint density at radius 1 is 1.11 bits per heavy atom. The smallest absolute Gasteiger partial charge is 0.249 e. The molecule has 2 aromatic carbocycles. The number of fused-ring (bicyclic) bond motifs is 1. The summed E-state index contributed by atoms with van der Waals surface area (Å²) in [6.07, 6.45) is 0.250. The van der Waals surface area contributed by atoms with Crippen molar-refractivity contribution in [3.63, 3.8) is 0 Å². The van der Waals surface area contributed by atoms with Gasteiger partial charge in [-0.2, -0.15) is 0 Å². The average Bonchev–Trinajstić information content (AvgIpc) is 3.19. The van der Waals surface area contributed by atoms with Crippen molar-refractivity contribution in [1.82, 2.24) is 21.1 Å². The molecule has 5 N–H and O–H groups in total. The van der Waals surface area contributed by atoms with Crippen LogP contribution in [-0.4, -0.2) is 64.9 Å². The number of hydrogen-bond donors (Lipinski definition) is 5. The van der Waals surface area contributed by atoms with Crippen LogP contribution in [0.5, 0.6) is 0 Å². The number of aliphatic hydroxyl groups excluding tert-OH is 2. The van der Waals surface area contributed by atoms with E-state index in [-0.39, 0.29) is 24.3 Å². The normalized spacial score (nSPS) is 23.3. The highest BCUT2D eigenvalue weighted by atomic mass is 16.3. The lowest BCUT2D eigenvalue weighted by Gasteiger charge is -2.39. The van der Waals surface area contributed by atoms with Crippen molar-refractivity contribution in [3.8, 4) is 0 Å². The van der Waals surface area contributed by atoms with Crippen molar-refractivity contribution >= 4 is 11.8 Å². The molecule has 2 aromatic rings. The van der Waals surface area contributed by atoms with Gasteiger partial charge in [-0.25, -0.2) is 5.01 Å². The third-order valence-electron chi connectivity index (χ3n) is 7.61. The quantitative estimate of drug-likeness (QED) is 0.345. The van der Waals surface area contributed by atoms with E-state index in [2.05, 4.69) is 28.2 Å². The maximum absolute atomic E-state index is 13.1. The van der Waals surface area contributed by atoms with Crippen molar-refractivity contribution in [3.05, 3.63) is 71.3 Å². The van der Waals surface area contributed by atoms with E-state index in [1.807, 2.05) is 68.2 Å². The van der Waals surface area contributed by atoms with Crippen LogP contribution in [0.15, 0.2) is 54.6 Å². The maximum atomic E-state index is 13.1. The number of carbonyl (C=O) groups excluding carboxylic acids is 2. The van der Waals surface area contributed by atoms with Crippen LogP contribution in [0.2, 0.25) is 0 Å². The SMILES string of the molecule is CC(C)(C)C(=O)NN1CCNC[C@@H]1CC(Cc1ccccc1)CC(O)C(=O)N[C@H]1c2ccccc2C[C@@H]1O. The summed E-state index contributed by atoms with van der Waals surface area (Å²) in [5.41, 5.74) is 5.66. The first kappa shape index (κ1) is 28.2. The Morgan fingerprint density at radius 2 is 1.82 bits per heavy atom. The second kappa shape index (κ2) is 12.4. The zero-order chi connectivity index (χ0) is 27.3. The Balaban J connectivity index is 1.45. The molecule has 1 aliphatic carbocycles. The third-order valence-corrected chi connectivity index (χ3v) is 7.61. The summed E-state index contributed by atoms with van der Waals surface area (Å²) in [6, 6.07) is 17.3. The molecule has 8 heteroatoms. The number of carbonyl (C=O) groups is 2. The Morgan fingerprint density at radius 3 is 2.55 bits per heavy atom. The van der Waals surface area contributed by atoms with Gasteiger partial charge in [-0.1, -0.05) is 75.4 Å². The van der Waals surface area contributed by atoms with Crippen LogP contribution in [0.4, 0.5) is 0 Å². The summed E-state index contributed by atoms with van der Waals surface area (Å²) >= 11 is 0. The number of aliphatic hydroxyl groups is 2. The van der Waals surface area contributed by atoms with Gasteiger partial charge in [-0.3, -0.25) is 15.0 Å². The van der Waals surface area contributed by atoms with Crippen LogP contribution in [0.1, 0.15) is 56.3 Å². The standard InChI is InChI=1S/C30H42N4O4/c1-30(2,3)29(38)33-34-14-13-31-19-23(34)16-21(15-20-9-5-4-6-10-20)17-26(36)28(37)32-27-24-12-8-7-11-22(24)18-25(27)35/h4-12,21,23,25-27,31,35-36H,13-19H2,1-3H3,(H,32,37)(H,33,38)/t21?,23-,25-,26?,27-/m0/s1. The lowest BCUT2D eigenvalue weighted by Crippen LogP contribution is -2.60. The van der Waals surface area contributed by atoms with Crippen molar-refractivity contribution in [2.45, 2.75) is 70.7 Å². The number of hydrazine groups is 1. The molecule has 0 spiro atoms. The summed E-state index contributed by atoms with van der Waals surface area (Å²) in [5.74, 6) is -0.500.